The lowest BCUT2D eigenvalue weighted by Crippen LogP contribution is -2.33. The first kappa shape index (κ1) is 15.0. The van der Waals surface area contributed by atoms with Crippen LogP contribution in [0.2, 0.25) is 0 Å². The minimum Gasteiger partial charge on any atom is -0.388 e. The molecular formula is C11H17N3O2S2. The zero-order valence-electron chi connectivity index (χ0n) is 10.5. The van der Waals surface area contributed by atoms with Gasteiger partial charge in [0.2, 0.25) is 10.0 Å². The first-order valence-electron chi connectivity index (χ1n) is 5.70. The lowest BCUT2D eigenvalue weighted by molar-refractivity contribution is 0.427. The molecule has 0 aromatic carbocycles. The molecule has 2 N–H and O–H groups in total. The average molecular weight is 287 g/mol. The Hall–Kier alpha value is -1.05. The number of aromatic nitrogens is 1. The van der Waals surface area contributed by atoms with Crippen LogP contribution in [0.15, 0.2) is 23.2 Å². The molecule has 5 nitrogen and oxygen atoms in total. The number of rotatable bonds is 6. The van der Waals surface area contributed by atoms with Crippen molar-refractivity contribution in [3.8, 4) is 0 Å². The van der Waals surface area contributed by atoms with Crippen LogP contribution >= 0.6 is 12.2 Å². The van der Waals surface area contributed by atoms with E-state index in [4.69, 9.17) is 18.0 Å². The van der Waals surface area contributed by atoms with Crippen molar-refractivity contribution in [1.82, 2.24) is 9.29 Å². The standard InChI is InChI=1S/C11H17N3O2S2/c1-3-8-14(4-2)18(15,16)9-6-5-7-13-10(9)11(12)17/h5-7H,3-4,8H2,1-2H3,(H2,12,17). The Kier molecular flexibility index (Phi) is 5.18. The van der Waals surface area contributed by atoms with Crippen molar-refractivity contribution in [2.24, 2.45) is 5.73 Å². The van der Waals surface area contributed by atoms with Gasteiger partial charge in [-0.3, -0.25) is 4.98 Å². The van der Waals surface area contributed by atoms with E-state index in [1.54, 1.807) is 13.0 Å². The van der Waals surface area contributed by atoms with Crippen LogP contribution in [-0.2, 0) is 10.0 Å². The monoisotopic (exact) mass is 287 g/mol. The largest absolute Gasteiger partial charge is 0.388 e. The lowest BCUT2D eigenvalue weighted by Gasteiger charge is -2.20. The highest BCUT2D eigenvalue weighted by molar-refractivity contribution is 7.89. The van der Waals surface area contributed by atoms with E-state index in [0.29, 0.717) is 13.1 Å². The molecular weight excluding hydrogens is 270 g/mol. The van der Waals surface area contributed by atoms with Crippen LogP contribution in [0.4, 0.5) is 0 Å². The van der Waals surface area contributed by atoms with Crippen molar-refractivity contribution in [2.75, 3.05) is 13.1 Å². The molecule has 0 bridgehead atoms. The first-order valence-corrected chi connectivity index (χ1v) is 7.54. The van der Waals surface area contributed by atoms with Crippen LogP contribution in [0, 0.1) is 0 Å². The quantitative estimate of drug-likeness (QED) is 0.794. The maximum atomic E-state index is 12.4. The van der Waals surface area contributed by atoms with Gasteiger partial charge in [-0.1, -0.05) is 26.1 Å². The van der Waals surface area contributed by atoms with Gasteiger partial charge < -0.3 is 5.73 Å². The summed E-state index contributed by atoms with van der Waals surface area (Å²) in [4.78, 5) is 4.01. The second-order valence-electron chi connectivity index (χ2n) is 3.71. The fourth-order valence-electron chi connectivity index (χ4n) is 1.62. The molecule has 100 valence electrons. The number of nitrogens with zero attached hydrogens (tertiary/aromatic N) is 2. The van der Waals surface area contributed by atoms with Gasteiger partial charge in [0.05, 0.1) is 0 Å². The number of pyridine rings is 1. The highest BCUT2D eigenvalue weighted by Gasteiger charge is 2.26. The van der Waals surface area contributed by atoms with Crippen molar-refractivity contribution in [2.45, 2.75) is 25.2 Å². The Morgan fingerprint density at radius 1 is 1.50 bits per heavy atom. The Balaban J connectivity index is 3.32. The number of hydrogen-bond donors (Lipinski definition) is 1. The molecule has 0 saturated heterocycles. The van der Waals surface area contributed by atoms with Gasteiger partial charge >= 0.3 is 0 Å². The van der Waals surface area contributed by atoms with E-state index in [1.807, 2.05) is 6.92 Å². The van der Waals surface area contributed by atoms with E-state index >= 15 is 0 Å². The number of nitrogens with two attached hydrogens (primary N) is 1. The highest BCUT2D eigenvalue weighted by atomic mass is 32.2. The Morgan fingerprint density at radius 3 is 2.67 bits per heavy atom. The highest BCUT2D eigenvalue weighted by Crippen LogP contribution is 2.18. The molecule has 0 atom stereocenters. The third-order valence-electron chi connectivity index (χ3n) is 2.45. The van der Waals surface area contributed by atoms with Crippen molar-refractivity contribution >= 4 is 27.2 Å². The maximum Gasteiger partial charge on any atom is 0.245 e. The number of sulfonamides is 1. The molecule has 1 rings (SSSR count). The van der Waals surface area contributed by atoms with E-state index in [1.165, 1.54) is 16.6 Å². The average Bonchev–Trinajstić information content (AvgIpc) is 2.35. The summed E-state index contributed by atoms with van der Waals surface area (Å²) in [6, 6.07) is 3.05. The van der Waals surface area contributed by atoms with E-state index in [-0.39, 0.29) is 15.6 Å². The number of thiocarbonyl (C=S) groups is 1. The van der Waals surface area contributed by atoms with Crippen LogP contribution < -0.4 is 5.73 Å². The smallest absolute Gasteiger partial charge is 0.245 e. The van der Waals surface area contributed by atoms with Crippen molar-refractivity contribution < 1.29 is 8.42 Å². The summed E-state index contributed by atoms with van der Waals surface area (Å²) in [6.45, 7) is 4.59. The minimum absolute atomic E-state index is 0.0123. The molecule has 1 aromatic heterocycles. The molecule has 0 fully saturated rings. The van der Waals surface area contributed by atoms with Gasteiger partial charge in [-0.2, -0.15) is 4.31 Å². The molecule has 0 aliphatic carbocycles. The van der Waals surface area contributed by atoms with E-state index in [0.717, 1.165) is 6.42 Å². The molecule has 0 aliphatic heterocycles. The summed E-state index contributed by atoms with van der Waals surface area (Å²) in [6.07, 6.45) is 2.22. The van der Waals surface area contributed by atoms with E-state index < -0.39 is 10.0 Å². The van der Waals surface area contributed by atoms with Gasteiger partial charge in [0.15, 0.2) is 0 Å². The number of hydrogen-bond acceptors (Lipinski definition) is 4. The fraction of sp³-hybridized carbons (Fsp3) is 0.455. The predicted octanol–water partition coefficient (Wildman–Crippen LogP) is 1.14. The fourth-order valence-corrected chi connectivity index (χ4v) is 3.55. The summed E-state index contributed by atoms with van der Waals surface area (Å²) in [7, 11) is -3.59. The SMILES string of the molecule is CCCN(CC)S(=O)(=O)c1cccnc1C(N)=S. The summed E-state index contributed by atoms with van der Waals surface area (Å²) in [5.41, 5.74) is 5.67. The zero-order valence-corrected chi connectivity index (χ0v) is 12.1. The third-order valence-corrected chi connectivity index (χ3v) is 4.65. The van der Waals surface area contributed by atoms with Gasteiger partial charge in [-0.05, 0) is 18.6 Å². The predicted molar refractivity (Wildman–Crippen MR) is 74.8 cm³/mol. The normalized spacial score (nSPS) is 11.7. The van der Waals surface area contributed by atoms with Gasteiger partial charge in [-0.15, -0.1) is 0 Å². The first-order chi connectivity index (χ1) is 8.45. The minimum atomic E-state index is -3.59. The summed E-state index contributed by atoms with van der Waals surface area (Å²) < 4.78 is 26.3. The third kappa shape index (κ3) is 3.04. The second-order valence-corrected chi connectivity index (χ2v) is 6.06. The maximum absolute atomic E-state index is 12.4. The van der Waals surface area contributed by atoms with Gasteiger partial charge in [0, 0.05) is 19.3 Å². The van der Waals surface area contributed by atoms with E-state index in [9.17, 15) is 8.42 Å². The molecule has 1 heterocycles. The molecule has 0 saturated carbocycles. The Morgan fingerprint density at radius 2 is 2.17 bits per heavy atom. The molecule has 0 radical (unpaired) electrons. The van der Waals surface area contributed by atoms with Gasteiger partial charge in [0.1, 0.15) is 15.6 Å². The van der Waals surface area contributed by atoms with Crippen molar-refractivity contribution in [1.29, 1.82) is 0 Å². The molecule has 0 aliphatic rings. The summed E-state index contributed by atoms with van der Waals surface area (Å²) in [5, 5.41) is 0. The second kappa shape index (κ2) is 6.21. The molecule has 0 unspecified atom stereocenters. The van der Waals surface area contributed by atoms with E-state index in [2.05, 4.69) is 4.98 Å². The van der Waals surface area contributed by atoms with Crippen LogP contribution in [0.5, 0.6) is 0 Å². The van der Waals surface area contributed by atoms with Crippen LogP contribution in [-0.4, -0.2) is 35.8 Å². The van der Waals surface area contributed by atoms with Crippen LogP contribution in [0.1, 0.15) is 26.0 Å². The summed E-state index contributed by atoms with van der Waals surface area (Å²) >= 11 is 4.84. The Labute approximate surface area is 113 Å². The zero-order chi connectivity index (χ0) is 13.8. The molecule has 18 heavy (non-hydrogen) atoms. The molecule has 7 heteroatoms. The van der Waals surface area contributed by atoms with Crippen LogP contribution in [0.3, 0.4) is 0 Å². The topological polar surface area (TPSA) is 76.3 Å². The molecule has 0 amide bonds. The van der Waals surface area contributed by atoms with Gasteiger partial charge in [0.25, 0.3) is 0 Å². The molecule has 0 spiro atoms. The van der Waals surface area contributed by atoms with Crippen molar-refractivity contribution in [3.05, 3.63) is 24.0 Å². The van der Waals surface area contributed by atoms with Crippen molar-refractivity contribution in [3.63, 3.8) is 0 Å². The molecule has 1 aromatic rings. The Bertz CT molecular complexity index is 529. The summed E-state index contributed by atoms with van der Waals surface area (Å²) in [5.74, 6) is 0. The van der Waals surface area contributed by atoms with Gasteiger partial charge in [-0.25, -0.2) is 8.42 Å². The van der Waals surface area contributed by atoms with Crippen LogP contribution in [0.25, 0.3) is 0 Å². The lowest BCUT2D eigenvalue weighted by atomic mass is 10.3.